The van der Waals surface area contributed by atoms with Gasteiger partial charge in [-0.3, -0.25) is 0 Å². The van der Waals surface area contributed by atoms with Crippen molar-refractivity contribution in [2.24, 2.45) is 0 Å². The van der Waals surface area contributed by atoms with Crippen molar-refractivity contribution in [3.63, 3.8) is 0 Å². The second-order valence-electron chi connectivity index (χ2n) is 7.27. The van der Waals surface area contributed by atoms with Crippen molar-refractivity contribution < 1.29 is 22.7 Å². The molecule has 0 fully saturated rings. The molecule has 162 valence electrons. The van der Waals surface area contributed by atoms with Crippen LogP contribution < -0.4 is 0 Å². The molecule has 0 radical (unpaired) electrons. The highest BCUT2D eigenvalue weighted by molar-refractivity contribution is 7.91. The van der Waals surface area contributed by atoms with E-state index in [1.54, 1.807) is 18.2 Å². The van der Waals surface area contributed by atoms with Crippen molar-refractivity contribution in [3.05, 3.63) is 89.2 Å². The molecule has 1 heterocycles. The van der Waals surface area contributed by atoms with Gasteiger partial charge in [0.25, 0.3) is 0 Å². The molecule has 0 aliphatic heterocycles. The molecule has 0 atom stereocenters. The zero-order valence-corrected chi connectivity index (χ0v) is 18.0. The third-order valence-electron chi connectivity index (χ3n) is 5.14. The van der Waals surface area contributed by atoms with Crippen LogP contribution in [0.2, 0.25) is 0 Å². The summed E-state index contributed by atoms with van der Waals surface area (Å²) < 4.78 is 41.8. The average molecular weight is 451 g/mol. The van der Waals surface area contributed by atoms with Crippen LogP contribution >= 0.6 is 0 Å². The van der Waals surface area contributed by atoms with E-state index in [9.17, 15) is 22.7 Å². The molecule has 32 heavy (non-hydrogen) atoms. The number of hydrogen-bond acceptors (Lipinski definition) is 5. The topological polar surface area (TPSA) is 102 Å². The van der Waals surface area contributed by atoms with Gasteiger partial charge in [0, 0.05) is 5.56 Å². The number of rotatable bonds is 5. The first-order valence-corrected chi connectivity index (χ1v) is 11.0. The lowest BCUT2D eigenvalue weighted by Crippen LogP contribution is -2.07. The molecule has 0 unspecified atom stereocenters. The fraction of sp³-hybridized carbons (Fsp3) is 0.0870. The van der Waals surface area contributed by atoms with Crippen LogP contribution in [0.1, 0.15) is 21.5 Å². The highest BCUT2D eigenvalue weighted by atomic mass is 32.2. The third kappa shape index (κ3) is 3.78. The van der Waals surface area contributed by atoms with Crippen LogP contribution in [-0.4, -0.2) is 34.5 Å². The SMILES string of the molecule is Cc1ccc(S(=O)(=O)c2nnn(-c3cccc(C(=O)O)c3)c2-c2ccc(F)cc2)cc1C. The molecule has 0 bridgehead atoms. The van der Waals surface area contributed by atoms with Crippen LogP contribution in [0.3, 0.4) is 0 Å². The summed E-state index contributed by atoms with van der Waals surface area (Å²) in [6.07, 6.45) is 0. The van der Waals surface area contributed by atoms with E-state index in [1.807, 2.05) is 13.8 Å². The summed E-state index contributed by atoms with van der Waals surface area (Å²) in [6, 6.07) is 15.9. The molecular formula is C23H18FN3O4S. The minimum atomic E-state index is -4.09. The molecule has 0 saturated carbocycles. The predicted molar refractivity (Wildman–Crippen MR) is 115 cm³/mol. The van der Waals surface area contributed by atoms with Crippen LogP contribution in [0.4, 0.5) is 4.39 Å². The summed E-state index contributed by atoms with van der Waals surface area (Å²) in [4.78, 5) is 11.5. The molecule has 9 heteroatoms. The zero-order chi connectivity index (χ0) is 23.0. The van der Waals surface area contributed by atoms with E-state index in [1.165, 1.54) is 53.2 Å². The van der Waals surface area contributed by atoms with E-state index in [-0.39, 0.29) is 21.2 Å². The lowest BCUT2D eigenvalue weighted by atomic mass is 10.1. The Bertz CT molecular complexity index is 1440. The molecule has 1 aromatic heterocycles. The second kappa shape index (κ2) is 8.01. The predicted octanol–water partition coefficient (Wildman–Crippen LogP) is 4.22. The highest BCUT2D eigenvalue weighted by Gasteiger charge is 2.29. The fourth-order valence-corrected chi connectivity index (χ4v) is 4.65. The molecule has 7 nitrogen and oxygen atoms in total. The number of nitrogens with zero attached hydrogens (tertiary/aromatic N) is 3. The van der Waals surface area contributed by atoms with Gasteiger partial charge in [-0.25, -0.2) is 22.3 Å². The average Bonchev–Trinajstić information content (AvgIpc) is 3.22. The first kappa shape index (κ1) is 21.4. The number of aryl methyl sites for hydroxylation is 2. The minimum Gasteiger partial charge on any atom is -0.478 e. The molecular weight excluding hydrogens is 433 g/mol. The maximum Gasteiger partial charge on any atom is 0.335 e. The van der Waals surface area contributed by atoms with E-state index in [2.05, 4.69) is 10.3 Å². The molecule has 3 aromatic carbocycles. The van der Waals surface area contributed by atoms with Gasteiger partial charge in [0.05, 0.1) is 16.1 Å². The maximum absolute atomic E-state index is 13.6. The Morgan fingerprint density at radius 2 is 1.69 bits per heavy atom. The number of halogens is 1. The van der Waals surface area contributed by atoms with Gasteiger partial charge in [-0.05, 0) is 79.6 Å². The first-order chi connectivity index (χ1) is 15.2. The van der Waals surface area contributed by atoms with Crippen molar-refractivity contribution in [2.75, 3.05) is 0 Å². The fourth-order valence-electron chi connectivity index (χ4n) is 3.25. The van der Waals surface area contributed by atoms with Crippen LogP contribution in [0.15, 0.2) is 76.7 Å². The number of hydrogen-bond donors (Lipinski definition) is 1. The molecule has 0 amide bonds. The van der Waals surface area contributed by atoms with Gasteiger partial charge in [-0.1, -0.05) is 17.3 Å². The maximum atomic E-state index is 13.6. The van der Waals surface area contributed by atoms with Crippen molar-refractivity contribution in [3.8, 4) is 16.9 Å². The molecule has 1 N–H and O–H groups in total. The van der Waals surface area contributed by atoms with Crippen molar-refractivity contribution in [1.29, 1.82) is 0 Å². The summed E-state index contributed by atoms with van der Waals surface area (Å²) in [6.45, 7) is 3.69. The van der Waals surface area contributed by atoms with Gasteiger partial charge < -0.3 is 5.11 Å². The molecule has 0 aliphatic carbocycles. The lowest BCUT2D eigenvalue weighted by molar-refractivity contribution is 0.0697. The summed E-state index contributed by atoms with van der Waals surface area (Å²) in [5.41, 5.74) is 2.51. The summed E-state index contributed by atoms with van der Waals surface area (Å²) in [5, 5.41) is 17.0. The number of carboxylic acid groups (broad SMARTS) is 1. The van der Waals surface area contributed by atoms with Gasteiger partial charge in [0.15, 0.2) is 0 Å². The van der Waals surface area contributed by atoms with Gasteiger partial charge in [-0.15, -0.1) is 5.10 Å². The van der Waals surface area contributed by atoms with Gasteiger partial charge >= 0.3 is 5.97 Å². The number of carboxylic acids is 1. The molecule has 0 saturated heterocycles. The van der Waals surface area contributed by atoms with E-state index in [0.29, 0.717) is 11.3 Å². The number of carbonyl (C=O) groups is 1. The molecule has 4 aromatic rings. The minimum absolute atomic E-state index is 0.00150. The number of aromatic carboxylic acids is 1. The first-order valence-electron chi connectivity index (χ1n) is 9.56. The van der Waals surface area contributed by atoms with Crippen molar-refractivity contribution in [1.82, 2.24) is 15.0 Å². The Morgan fingerprint density at radius 1 is 0.969 bits per heavy atom. The normalized spacial score (nSPS) is 11.5. The Kier molecular flexibility index (Phi) is 5.35. The monoisotopic (exact) mass is 451 g/mol. The van der Waals surface area contributed by atoms with Crippen LogP contribution in [0, 0.1) is 19.7 Å². The molecule has 4 rings (SSSR count). The Labute approximate surface area is 183 Å². The Morgan fingerprint density at radius 3 is 2.34 bits per heavy atom. The summed E-state index contributed by atoms with van der Waals surface area (Å²) >= 11 is 0. The molecule has 0 aliphatic rings. The Balaban J connectivity index is 1.98. The number of benzene rings is 3. The van der Waals surface area contributed by atoms with E-state index in [4.69, 9.17) is 0 Å². The number of aromatic nitrogens is 3. The second-order valence-corrected chi connectivity index (χ2v) is 9.13. The highest BCUT2D eigenvalue weighted by Crippen LogP contribution is 2.32. The smallest absolute Gasteiger partial charge is 0.335 e. The zero-order valence-electron chi connectivity index (χ0n) is 17.2. The summed E-state index contributed by atoms with van der Waals surface area (Å²) in [5.74, 6) is -1.63. The Hall–Kier alpha value is -3.85. The lowest BCUT2D eigenvalue weighted by Gasteiger charge is -2.10. The van der Waals surface area contributed by atoms with Crippen LogP contribution in [0.5, 0.6) is 0 Å². The van der Waals surface area contributed by atoms with Crippen molar-refractivity contribution in [2.45, 2.75) is 23.8 Å². The third-order valence-corrected chi connectivity index (χ3v) is 6.80. The van der Waals surface area contributed by atoms with E-state index >= 15 is 0 Å². The number of sulfone groups is 1. The van der Waals surface area contributed by atoms with Crippen molar-refractivity contribution >= 4 is 15.8 Å². The van der Waals surface area contributed by atoms with Gasteiger partial charge in [-0.2, -0.15) is 0 Å². The van der Waals surface area contributed by atoms with E-state index < -0.39 is 21.6 Å². The van der Waals surface area contributed by atoms with Crippen LogP contribution in [0.25, 0.3) is 16.9 Å². The standard InChI is InChI=1S/C23H18FN3O4S/c1-14-6-11-20(12-15(14)2)32(30,31)22-21(16-7-9-18(24)10-8-16)27(26-25-22)19-5-3-4-17(13-19)23(28)29/h3-13H,1-2H3,(H,28,29). The largest absolute Gasteiger partial charge is 0.478 e. The van der Waals surface area contributed by atoms with Gasteiger partial charge in [0.1, 0.15) is 11.5 Å². The van der Waals surface area contributed by atoms with E-state index in [0.717, 1.165) is 11.1 Å². The van der Waals surface area contributed by atoms with Gasteiger partial charge in [0.2, 0.25) is 14.9 Å². The molecule has 0 spiro atoms. The summed E-state index contributed by atoms with van der Waals surface area (Å²) in [7, 11) is -4.09. The van der Waals surface area contributed by atoms with Crippen LogP contribution in [-0.2, 0) is 9.84 Å². The quantitative estimate of drug-likeness (QED) is 0.487.